The molecule has 0 saturated carbocycles. The fourth-order valence-corrected chi connectivity index (χ4v) is 3.12. The second-order valence-electron chi connectivity index (χ2n) is 7.27. The van der Waals surface area contributed by atoms with E-state index in [-0.39, 0.29) is 33.8 Å². The van der Waals surface area contributed by atoms with Crippen LogP contribution in [0.4, 0.5) is 8.78 Å². The number of hydrogen-bond acceptors (Lipinski definition) is 8. The van der Waals surface area contributed by atoms with E-state index in [9.17, 15) is 28.0 Å². The summed E-state index contributed by atoms with van der Waals surface area (Å²) in [6.07, 6.45) is 0. The monoisotopic (exact) mass is 498 g/mol. The van der Waals surface area contributed by atoms with Crippen LogP contribution in [0.25, 0.3) is 0 Å². The zero-order chi connectivity index (χ0) is 26.2. The average molecular weight is 498 g/mol. The van der Waals surface area contributed by atoms with Gasteiger partial charge in [-0.05, 0) is 60.7 Å². The molecule has 8 nitrogen and oxygen atoms in total. The molecule has 3 aromatic rings. The maximum Gasteiger partial charge on any atom is 0.338 e. The second kappa shape index (κ2) is 11.7. The summed E-state index contributed by atoms with van der Waals surface area (Å²) in [5.74, 6) is -4.07. The Bertz CT molecular complexity index is 1200. The number of methoxy groups -OCH3 is 2. The number of carbonyl (C=O) groups excluding carboxylic acids is 4. The SMILES string of the molecule is COc1ccc(F)cc1C(=O)COC(=O)c1ccc(C(=O)OCC(=O)c2cc(F)ccc2OC)cc1. The van der Waals surface area contributed by atoms with Gasteiger partial charge in [0.1, 0.15) is 23.1 Å². The smallest absolute Gasteiger partial charge is 0.338 e. The molecule has 0 N–H and O–H groups in total. The Kier molecular flexibility index (Phi) is 8.45. The Hall–Kier alpha value is -4.60. The highest BCUT2D eigenvalue weighted by atomic mass is 19.1. The molecule has 36 heavy (non-hydrogen) atoms. The van der Waals surface area contributed by atoms with Gasteiger partial charge in [0.15, 0.2) is 13.2 Å². The molecule has 0 aromatic heterocycles. The van der Waals surface area contributed by atoms with E-state index in [2.05, 4.69) is 0 Å². The van der Waals surface area contributed by atoms with Crippen molar-refractivity contribution in [2.75, 3.05) is 27.4 Å². The van der Waals surface area contributed by atoms with E-state index in [4.69, 9.17) is 18.9 Å². The molecule has 0 aliphatic rings. The molecule has 0 fully saturated rings. The highest BCUT2D eigenvalue weighted by molar-refractivity contribution is 6.02. The summed E-state index contributed by atoms with van der Waals surface area (Å²) in [4.78, 5) is 49.1. The van der Waals surface area contributed by atoms with Crippen LogP contribution in [-0.4, -0.2) is 50.9 Å². The molecule has 186 valence electrons. The Labute approximate surface area is 204 Å². The summed E-state index contributed by atoms with van der Waals surface area (Å²) < 4.78 is 46.9. The highest BCUT2D eigenvalue weighted by Gasteiger charge is 2.19. The van der Waals surface area contributed by atoms with Crippen molar-refractivity contribution in [3.8, 4) is 11.5 Å². The molecule has 0 amide bonds. The van der Waals surface area contributed by atoms with Crippen molar-refractivity contribution in [1.82, 2.24) is 0 Å². The van der Waals surface area contributed by atoms with Crippen LogP contribution in [0.2, 0.25) is 0 Å². The molecule has 0 bridgehead atoms. The fraction of sp³-hybridized carbons (Fsp3) is 0.154. The number of Topliss-reactive ketones (excluding diaryl/α,β-unsaturated/α-hetero) is 2. The van der Waals surface area contributed by atoms with Gasteiger partial charge in [-0.25, -0.2) is 18.4 Å². The molecular formula is C26H20F2O8. The van der Waals surface area contributed by atoms with Crippen molar-refractivity contribution in [2.45, 2.75) is 0 Å². The lowest BCUT2D eigenvalue weighted by Gasteiger charge is -2.09. The van der Waals surface area contributed by atoms with Crippen LogP contribution in [0.15, 0.2) is 60.7 Å². The van der Waals surface area contributed by atoms with Gasteiger partial charge >= 0.3 is 11.9 Å². The maximum atomic E-state index is 13.5. The fourth-order valence-electron chi connectivity index (χ4n) is 3.12. The topological polar surface area (TPSA) is 105 Å². The predicted molar refractivity (Wildman–Crippen MR) is 122 cm³/mol. The van der Waals surface area contributed by atoms with Crippen molar-refractivity contribution in [3.05, 3.63) is 94.6 Å². The Morgan fingerprint density at radius 1 is 0.611 bits per heavy atom. The Balaban J connectivity index is 1.57. The van der Waals surface area contributed by atoms with Crippen molar-refractivity contribution >= 4 is 23.5 Å². The molecule has 0 radical (unpaired) electrons. The molecule has 0 heterocycles. The van der Waals surface area contributed by atoms with Crippen molar-refractivity contribution < 1.29 is 46.9 Å². The summed E-state index contributed by atoms with van der Waals surface area (Å²) in [5.41, 5.74) is -0.0835. The molecular weight excluding hydrogens is 478 g/mol. The lowest BCUT2D eigenvalue weighted by molar-refractivity contribution is 0.0466. The third-order valence-electron chi connectivity index (χ3n) is 4.95. The Morgan fingerprint density at radius 2 is 0.972 bits per heavy atom. The first kappa shape index (κ1) is 26.0. The summed E-state index contributed by atoms with van der Waals surface area (Å²) in [6, 6.07) is 11.8. The Morgan fingerprint density at radius 3 is 1.31 bits per heavy atom. The van der Waals surface area contributed by atoms with Crippen LogP contribution in [0.1, 0.15) is 41.4 Å². The average Bonchev–Trinajstić information content (AvgIpc) is 2.89. The molecule has 3 aromatic carbocycles. The molecule has 0 atom stereocenters. The third-order valence-corrected chi connectivity index (χ3v) is 4.95. The first-order chi connectivity index (χ1) is 17.2. The quantitative estimate of drug-likeness (QED) is 0.304. The number of ketones is 2. The predicted octanol–water partition coefficient (Wildman–Crippen LogP) is 4.06. The first-order valence-electron chi connectivity index (χ1n) is 10.4. The van der Waals surface area contributed by atoms with Gasteiger partial charge < -0.3 is 18.9 Å². The molecule has 0 spiro atoms. The van der Waals surface area contributed by atoms with E-state index in [0.717, 1.165) is 24.3 Å². The van der Waals surface area contributed by atoms with Crippen LogP contribution in [-0.2, 0) is 9.47 Å². The first-order valence-corrected chi connectivity index (χ1v) is 10.4. The van der Waals surface area contributed by atoms with Crippen molar-refractivity contribution in [1.29, 1.82) is 0 Å². The number of hydrogen-bond donors (Lipinski definition) is 0. The minimum absolute atomic E-state index is 0.0335. The lowest BCUT2D eigenvalue weighted by atomic mass is 10.1. The van der Waals surface area contributed by atoms with Crippen LogP contribution in [0.5, 0.6) is 11.5 Å². The summed E-state index contributed by atoms with van der Waals surface area (Å²) in [7, 11) is 2.63. The zero-order valence-electron chi connectivity index (χ0n) is 19.2. The van der Waals surface area contributed by atoms with Crippen molar-refractivity contribution in [2.24, 2.45) is 0 Å². The van der Waals surface area contributed by atoms with Crippen LogP contribution < -0.4 is 9.47 Å². The van der Waals surface area contributed by atoms with E-state index < -0.39 is 48.4 Å². The van der Waals surface area contributed by atoms with E-state index in [1.807, 2.05) is 0 Å². The molecule has 0 saturated heterocycles. The van der Waals surface area contributed by atoms with Gasteiger partial charge in [0.05, 0.1) is 36.5 Å². The summed E-state index contributed by atoms with van der Waals surface area (Å²) in [6.45, 7) is -1.32. The normalized spacial score (nSPS) is 10.3. The van der Waals surface area contributed by atoms with Gasteiger partial charge in [-0.3, -0.25) is 9.59 Å². The highest BCUT2D eigenvalue weighted by Crippen LogP contribution is 2.21. The van der Waals surface area contributed by atoms with Gasteiger partial charge in [0.25, 0.3) is 0 Å². The van der Waals surface area contributed by atoms with Gasteiger partial charge in [-0.2, -0.15) is 0 Å². The largest absolute Gasteiger partial charge is 0.496 e. The van der Waals surface area contributed by atoms with E-state index in [0.29, 0.717) is 0 Å². The van der Waals surface area contributed by atoms with Crippen molar-refractivity contribution in [3.63, 3.8) is 0 Å². The van der Waals surface area contributed by atoms with Crippen LogP contribution >= 0.6 is 0 Å². The summed E-state index contributed by atoms with van der Waals surface area (Å²) >= 11 is 0. The lowest BCUT2D eigenvalue weighted by Crippen LogP contribution is -2.16. The molecule has 3 rings (SSSR count). The minimum Gasteiger partial charge on any atom is -0.496 e. The second-order valence-corrected chi connectivity index (χ2v) is 7.27. The number of esters is 2. The van der Waals surface area contributed by atoms with Crippen LogP contribution in [0.3, 0.4) is 0 Å². The number of carbonyl (C=O) groups is 4. The number of halogens is 2. The van der Waals surface area contributed by atoms with Gasteiger partial charge in [-0.15, -0.1) is 0 Å². The molecule has 0 aliphatic heterocycles. The van der Waals surface area contributed by atoms with Gasteiger partial charge in [0, 0.05) is 0 Å². The summed E-state index contributed by atoms with van der Waals surface area (Å²) in [5, 5.41) is 0. The number of rotatable bonds is 10. The van der Waals surface area contributed by atoms with E-state index in [1.165, 1.54) is 50.6 Å². The number of ether oxygens (including phenoxy) is 4. The van der Waals surface area contributed by atoms with Crippen LogP contribution in [0, 0.1) is 11.6 Å². The molecule has 10 heteroatoms. The van der Waals surface area contributed by atoms with Gasteiger partial charge in [-0.1, -0.05) is 0 Å². The molecule has 0 unspecified atom stereocenters. The zero-order valence-corrected chi connectivity index (χ0v) is 19.2. The maximum absolute atomic E-state index is 13.5. The van der Waals surface area contributed by atoms with E-state index >= 15 is 0 Å². The number of benzene rings is 3. The third kappa shape index (κ3) is 6.29. The molecule has 0 aliphatic carbocycles. The minimum atomic E-state index is -0.855. The van der Waals surface area contributed by atoms with Gasteiger partial charge in [0.2, 0.25) is 11.6 Å². The standard InChI is InChI=1S/C26H20F2O8/c1-33-23-9-7-17(27)11-19(23)21(29)13-35-25(31)15-3-5-16(6-4-15)26(32)36-14-22(30)20-12-18(28)8-10-24(20)34-2/h3-12H,13-14H2,1-2H3. The van der Waals surface area contributed by atoms with E-state index in [1.54, 1.807) is 0 Å².